The topological polar surface area (TPSA) is 44.5 Å². The highest BCUT2D eigenvalue weighted by Gasteiger charge is 2.16. The molecule has 1 fully saturated rings. The summed E-state index contributed by atoms with van der Waals surface area (Å²) < 4.78 is 11.2. The smallest absolute Gasteiger partial charge is 0.142 e. The van der Waals surface area contributed by atoms with E-state index in [1.165, 1.54) is 5.56 Å². The van der Waals surface area contributed by atoms with E-state index in [1.54, 1.807) is 0 Å². The molecule has 0 aliphatic carbocycles. The third kappa shape index (κ3) is 2.67. The zero-order valence-electron chi connectivity index (χ0n) is 9.74. The maximum absolute atomic E-state index is 5.95. The van der Waals surface area contributed by atoms with Crippen molar-refractivity contribution in [1.82, 2.24) is 0 Å². The monoisotopic (exact) mass is 221 g/mol. The number of aryl methyl sites for hydroxylation is 1. The fraction of sp³-hybridized carbons (Fsp3) is 0.538. The van der Waals surface area contributed by atoms with Crippen LogP contribution in [-0.4, -0.2) is 19.3 Å². The number of hydrogen-bond acceptors (Lipinski definition) is 3. The fourth-order valence-corrected chi connectivity index (χ4v) is 1.91. The number of ether oxygens (including phenoxy) is 2. The minimum absolute atomic E-state index is 0.156. The number of benzene rings is 1. The van der Waals surface area contributed by atoms with Gasteiger partial charge in [0.1, 0.15) is 11.9 Å². The fourth-order valence-electron chi connectivity index (χ4n) is 1.91. The van der Waals surface area contributed by atoms with E-state index < -0.39 is 0 Å². The normalized spacial score (nSPS) is 20.7. The van der Waals surface area contributed by atoms with Crippen LogP contribution in [0.15, 0.2) is 18.2 Å². The molecule has 88 valence electrons. The Morgan fingerprint density at radius 3 is 3.00 bits per heavy atom. The van der Waals surface area contributed by atoms with Crippen LogP contribution in [0.25, 0.3) is 0 Å². The summed E-state index contributed by atoms with van der Waals surface area (Å²) in [4.78, 5) is 0. The molecule has 0 spiro atoms. The lowest BCUT2D eigenvalue weighted by molar-refractivity contribution is 0.00775. The zero-order chi connectivity index (χ0) is 11.4. The van der Waals surface area contributed by atoms with Crippen LogP contribution in [-0.2, 0) is 11.2 Å². The average Bonchev–Trinajstić information content (AvgIpc) is 2.33. The molecule has 0 radical (unpaired) electrons. The molecule has 16 heavy (non-hydrogen) atoms. The molecule has 0 amide bonds. The molecule has 3 heteroatoms. The largest absolute Gasteiger partial charge is 0.486 e. The molecule has 1 aliphatic rings. The average molecular weight is 221 g/mol. The molecule has 1 aliphatic heterocycles. The summed E-state index contributed by atoms with van der Waals surface area (Å²) in [5, 5.41) is 0. The third-order valence-corrected chi connectivity index (χ3v) is 2.89. The van der Waals surface area contributed by atoms with Crippen LogP contribution >= 0.6 is 0 Å². The molecule has 3 nitrogen and oxygen atoms in total. The third-order valence-electron chi connectivity index (χ3n) is 2.89. The van der Waals surface area contributed by atoms with E-state index in [1.807, 2.05) is 12.1 Å². The number of hydrogen-bond donors (Lipinski definition) is 1. The van der Waals surface area contributed by atoms with Crippen LogP contribution in [0.1, 0.15) is 25.3 Å². The molecule has 0 bridgehead atoms. The number of nitrogen functional groups attached to an aromatic ring is 1. The molecular formula is C13H19NO2. The highest BCUT2D eigenvalue weighted by atomic mass is 16.5. The Hall–Kier alpha value is -1.22. The van der Waals surface area contributed by atoms with Crippen molar-refractivity contribution in [1.29, 1.82) is 0 Å². The maximum Gasteiger partial charge on any atom is 0.142 e. The molecule has 0 aromatic heterocycles. The van der Waals surface area contributed by atoms with E-state index in [0.717, 1.165) is 37.3 Å². The first kappa shape index (κ1) is 11.3. The van der Waals surface area contributed by atoms with E-state index in [9.17, 15) is 0 Å². The van der Waals surface area contributed by atoms with Crippen molar-refractivity contribution in [3.8, 4) is 5.75 Å². The van der Waals surface area contributed by atoms with Gasteiger partial charge in [0.25, 0.3) is 0 Å². The van der Waals surface area contributed by atoms with E-state index in [0.29, 0.717) is 6.61 Å². The van der Waals surface area contributed by atoms with Gasteiger partial charge in [-0.05, 0) is 37.0 Å². The maximum atomic E-state index is 5.95. The molecular weight excluding hydrogens is 202 g/mol. The van der Waals surface area contributed by atoms with Crippen LogP contribution in [0.3, 0.4) is 0 Å². The summed E-state index contributed by atoms with van der Waals surface area (Å²) in [7, 11) is 0. The Morgan fingerprint density at radius 2 is 2.38 bits per heavy atom. The van der Waals surface area contributed by atoms with Gasteiger partial charge >= 0.3 is 0 Å². The van der Waals surface area contributed by atoms with Gasteiger partial charge in [0.15, 0.2) is 0 Å². The lowest BCUT2D eigenvalue weighted by atomic mass is 10.1. The first-order valence-corrected chi connectivity index (χ1v) is 5.92. The first-order chi connectivity index (χ1) is 7.79. The van der Waals surface area contributed by atoms with Crippen LogP contribution in [0.2, 0.25) is 0 Å². The Bertz CT molecular complexity index is 346. The summed E-state index contributed by atoms with van der Waals surface area (Å²) in [5.41, 5.74) is 7.92. The van der Waals surface area contributed by atoms with Gasteiger partial charge in [-0.15, -0.1) is 0 Å². The van der Waals surface area contributed by atoms with Crippen LogP contribution < -0.4 is 10.5 Å². The molecule has 2 rings (SSSR count). The van der Waals surface area contributed by atoms with Gasteiger partial charge in [-0.2, -0.15) is 0 Å². The summed E-state index contributed by atoms with van der Waals surface area (Å²) in [5.74, 6) is 0.785. The van der Waals surface area contributed by atoms with E-state index in [4.69, 9.17) is 15.2 Å². The second-order valence-electron chi connectivity index (χ2n) is 4.18. The predicted octanol–water partition coefficient (Wildman–Crippen LogP) is 2.39. The Kier molecular flexibility index (Phi) is 3.67. The van der Waals surface area contributed by atoms with E-state index >= 15 is 0 Å². The van der Waals surface area contributed by atoms with Crippen molar-refractivity contribution in [2.24, 2.45) is 0 Å². The van der Waals surface area contributed by atoms with Crippen molar-refractivity contribution in [2.75, 3.05) is 18.9 Å². The van der Waals surface area contributed by atoms with Crippen LogP contribution in [0.5, 0.6) is 5.75 Å². The first-order valence-electron chi connectivity index (χ1n) is 5.92. The minimum atomic E-state index is 0.156. The number of nitrogens with two attached hydrogens (primary N) is 1. The standard InChI is InChI=1S/C13H19NO2/c1-2-10-5-6-13(12(14)8-10)16-11-4-3-7-15-9-11/h5-6,8,11H,2-4,7,9,14H2,1H3. The summed E-state index contributed by atoms with van der Waals surface area (Å²) in [6.45, 7) is 3.64. The molecule has 1 heterocycles. The van der Waals surface area contributed by atoms with Crippen molar-refractivity contribution in [3.63, 3.8) is 0 Å². The summed E-state index contributed by atoms with van der Waals surface area (Å²) in [6, 6.07) is 6.01. The van der Waals surface area contributed by atoms with E-state index in [2.05, 4.69) is 13.0 Å². The minimum Gasteiger partial charge on any atom is -0.486 e. The van der Waals surface area contributed by atoms with Crippen molar-refractivity contribution < 1.29 is 9.47 Å². The van der Waals surface area contributed by atoms with Crippen LogP contribution in [0, 0.1) is 0 Å². The quantitative estimate of drug-likeness (QED) is 0.797. The highest BCUT2D eigenvalue weighted by Crippen LogP contribution is 2.25. The molecule has 1 aromatic rings. The number of anilines is 1. The molecule has 1 aromatic carbocycles. The molecule has 1 unspecified atom stereocenters. The Labute approximate surface area is 96.5 Å². The second kappa shape index (κ2) is 5.21. The zero-order valence-corrected chi connectivity index (χ0v) is 9.74. The van der Waals surface area contributed by atoms with Crippen molar-refractivity contribution in [2.45, 2.75) is 32.3 Å². The lowest BCUT2D eigenvalue weighted by Crippen LogP contribution is -2.28. The van der Waals surface area contributed by atoms with Gasteiger partial charge in [0.05, 0.1) is 12.3 Å². The molecule has 1 saturated heterocycles. The summed E-state index contributed by atoms with van der Waals surface area (Å²) in [6.07, 6.45) is 3.27. The Morgan fingerprint density at radius 1 is 1.50 bits per heavy atom. The molecule has 0 saturated carbocycles. The van der Waals surface area contributed by atoms with E-state index in [-0.39, 0.29) is 6.10 Å². The molecule has 1 atom stereocenters. The highest BCUT2D eigenvalue weighted by molar-refractivity contribution is 5.54. The summed E-state index contributed by atoms with van der Waals surface area (Å²) >= 11 is 0. The van der Waals surface area contributed by atoms with Gasteiger partial charge in [-0.1, -0.05) is 13.0 Å². The number of rotatable bonds is 3. The van der Waals surface area contributed by atoms with Gasteiger partial charge in [0.2, 0.25) is 0 Å². The van der Waals surface area contributed by atoms with Gasteiger partial charge in [-0.3, -0.25) is 0 Å². The predicted molar refractivity (Wildman–Crippen MR) is 64.7 cm³/mol. The van der Waals surface area contributed by atoms with Gasteiger partial charge in [0, 0.05) is 6.61 Å². The second-order valence-corrected chi connectivity index (χ2v) is 4.18. The Balaban J connectivity index is 2.03. The molecule has 2 N–H and O–H groups in total. The van der Waals surface area contributed by atoms with Gasteiger partial charge < -0.3 is 15.2 Å². The lowest BCUT2D eigenvalue weighted by Gasteiger charge is -2.24. The van der Waals surface area contributed by atoms with Gasteiger partial charge in [-0.25, -0.2) is 0 Å². The van der Waals surface area contributed by atoms with Crippen molar-refractivity contribution >= 4 is 5.69 Å². The SMILES string of the molecule is CCc1ccc(OC2CCCOC2)c(N)c1. The van der Waals surface area contributed by atoms with Crippen LogP contribution in [0.4, 0.5) is 5.69 Å². The van der Waals surface area contributed by atoms with Crippen molar-refractivity contribution in [3.05, 3.63) is 23.8 Å².